The number of carbonyl (C=O) groups is 2. The Kier molecular flexibility index (Phi) is 6.94. The highest BCUT2D eigenvalue weighted by atomic mass is 19.1. The number of fused-ring (bicyclic) bond motifs is 2. The van der Waals surface area contributed by atoms with Crippen molar-refractivity contribution in [2.24, 2.45) is 0 Å². The molecule has 41 heavy (non-hydrogen) atoms. The minimum absolute atomic E-state index is 0.188. The molecule has 1 saturated heterocycles. The number of aromatic nitrogens is 2. The predicted octanol–water partition coefficient (Wildman–Crippen LogP) is 3.68. The average Bonchev–Trinajstić information content (AvgIpc) is 3.49. The summed E-state index contributed by atoms with van der Waals surface area (Å²) >= 11 is 0. The molecule has 4 aromatic rings. The molecular weight excluding hydrogens is 527 g/mol. The lowest BCUT2D eigenvalue weighted by atomic mass is 9.93. The maximum absolute atomic E-state index is 13.7. The lowest BCUT2D eigenvalue weighted by molar-refractivity contribution is 0.0704. The highest BCUT2D eigenvalue weighted by Gasteiger charge is 2.50. The molecule has 2 aliphatic heterocycles. The van der Waals surface area contributed by atoms with Gasteiger partial charge in [-0.05, 0) is 62.5 Å². The normalized spacial score (nSPS) is 19.6. The zero-order valence-corrected chi connectivity index (χ0v) is 22.6. The van der Waals surface area contributed by atoms with E-state index in [1.807, 2.05) is 0 Å². The molecule has 1 unspecified atom stereocenters. The molecule has 2 aliphatic rings. The number of rotatable bonds is 7. The molecule has 2 amide bonds. The third kappa shape index (κ3) is 4.82. The maximum atomic E-state index is 13.7. The molecule has 0 saturated carbocycles. The Morgan fingerprint density at radius 2 is 1.80 bits per heavy atom. The van der Waals surface area contributed by atoms with Gasteiger partial charge in [-0.3, -0.25) is 9.69 Å². The van der Waals surface area contributed by atoms with Crippen LogP contribution in [-0.2, 0) is 5.72 Å². The lowest BCUT2D eigenvalue weighted by Crippen LogP contribution is -2.45. The molecule has 212 valence electrons. The second kappa shape index (κ2) is 10.6. The number of carboxylic acid groups (broad SMARTS) is 1. The van der Waals surface area contributed by atoms with Crippen LogP contribution in [0.4, 0.5) is 20.8 Å². The number of nitrogens with one attached hydrogen (secondary N) is 1. The summed E-state index contributed by atoms with van der Waals surface area (Å²) in [6.45, 7) is 4.98. The van der Waals surface area contributed by atoms with E-state index in [2.05, 4.69) is 26.8 Å². The SMILES string of the molecule is CN1CCN(CCCN(C(=O)O)c2nc3ccc(C4(O)c5ccccc5C(=O)N4c4ccc(F)cc4)cc3[nH]2)CC1. The summed E-state index contributed by atoms with van der Waals surface area (Å²) in [6, 6.07) is 17.2. The number of amides is 2. The maximum Gasteiger partial charge on any atom is 0.414 e. The van der Waals surface area contributed by atoms with Crippen LogP contribution in [0.2, 0.25) is 0 Å². The van der Waals surface area contributed by atoms with Crippen LogP contribution in [-0.4, -0.2) is 88.3 Å². The van der Waals surface area contributed by atoms with E-state index in [-0.39, 0.29) is 12.5 Å². The quantitative estimate of drug-likeness (QED) is 0.317. The Morgan fingerprint density at radius 1 is 1.07 bits per heavy atom. The van der Waals surface area contributed by atoms with Crippen molar-refractivity contribution in [1.29, 1.82) is 0 Å². The van der Waals surface area contributed by atoms with Gasteiger partial charge in [0.05, 0.1) is 11.0 Å². The molecule has 0 bridgehead atoms. The van der Waals surface area contributed by atoms with Gasteiger partial charge in [-0.1, -0.05) is 24.3 Å². The molecule has 1 atom stereocenters. The molecule has 6 rings (SSSR count). The topological polar surface area (TPSA) is 116 Å². The molecule has 3 heterocycles. The lowest BCUT2D eigenvalue weighted by Gasteiger charge is -2.34. The van der Waals surface area contributed by atoms with Gasteiger partial charge >= 0.3 is 6.09 Å². The van der Waals surface area contributed by atoms with Crippen molar-refractivity contribution < 1.29 is 24.2 Å². The van der Waals surface area contributed by atoms with E-state index < -0.39 is 23.5 Å². The molecule has 11 heteroatoms. The number of imidazole rings is 1. The molecular formula is C30H31FN6O4. The van der Waals surface area contributed by atoms with Crippen LogP contribution < -0.4 is 9.80 Å². The van der Waals surface area contributed by atoms with E-state index in [1.54, 1.807) is 42.5 Å². The van der Waals surface area contributed by atoms with Gasteiger partial charge in [0.1, 0.15) is 5.82 Å². The first-order chi connectivity index (χ1) is 19.8. The largest absolute Gasteiger partial charge is 0.465 e. The van der Waals surface area contributed by atoms with Crippen LogP contribution in [0.15, 0.2) is 66.7 Å². The molecule has 1 fully saturated rings. The smallest absolute Gasteiger partial charge is 0.414 e. The number of piperazine rings is 1. The number of carbonyl (C=O) groups excluding carboxylic acids is 1. The first-order valence-corrected chi connectivity index (χ1v) is 13.6. The van der Waals surface area contributed by atoms with Gasteiger partial charge in [0, 0.05) is 55.1 Å². The molecule has 3 aromatic carbocycles. The van der Waals surface area contributed by atoms with Crippen molar-refractivity contribution in [3.8, 4) is 0 Å². The van der Waals surface area contributed by atoms with Crippen molar-refractivity contribution in [3.05, 3.63) is 89.2 Å². The number of nitrogens with zero attached hydrogens (tertiary/aromatic N) is 5. The monoisotopic (exact) mass is 558 g/mol. The number of anilines is 2. The van der Waals surface area contributed by atoms with Gasteiger partial charge < -0.3 is 25.0 Å². The Labute approximate surface area is 236 Å². The number of likely N-dealkylation sites (N-methyl/N-ethyl adjacent to an activating group) is 1. The van der Waals surface area contributed by atoms with Gasteiger partial charge in [0.2, 0.25) is 5.95 Å². The van der Waals surface area contributed by atoms with Gasteiger partial charge in [-0.15, -0.1) is 0 Å². The van der Waals surface area contributed by atoms with Gasteiger partial charge in [-0.2, -0.15) is 0 Å². The summed E-state index contributed by atoms with van der Waals surface area (Å²) in [5.74, 6) is -0.690. The minimum Gasteiger partial charge on any atom is -0.465 e. The van der Waals surface area contributed by atoms with Crippen molar-refractivity contribution in [1.82, 2.24) is 19.8 Å². The molecule has 0 spiro atoms. The number of benzene rings is 3. The molecule has 0 aliphatic carbocycles. The molecule has 1 aromatic heterocycles. The first kappa shape index (κ1) is 26.9. The summed E-state index contributed by atoms with van der Waals surface area (Å²) < 4.78 is 13.7. The van der Waals surface area contributed by atoms with E-state index >= 15 is 0 Å². The Morgan fingerprint density at radius 3 is 2.54 bits per heavy atom. The first-order valence-electron chi connectivity index (χ1n) is 13.6. The third-order valence-electron chi connectivity index (χ3n) is 7.96. The zero-order valence-electron chi connectivity index (χ0n) is 22.6. The average molecular weight is 559 g/mol. The summed E-state index contributed by atoms with van der Waals surface area (Å²) in [5.41, 5.74) is 0.569. The number of aliphatic hydroxyl groups is 1. The number of H-pyrrole nitrogens is 1. The number of hydrogen-bond donors (Lipinski definition) is 3. The Hall–Kier alpha value is -4.32. The van der Waals surface area contributed by atoms with E-state index in [1.165, 1.54) is 34.1 Å². The highest BCUT2D eigenvalue weighted by Crippen LogP contribution is 2.45. The second-order valence-corrected chi connectivity index (χ2v) is 10.6. The number of hydrogen-bond acceptors (Lipinski definition) is 6. The van der Waals surface area contributed by atoms with E-state index in [9.17, 15) is 24.2 Å². The third-order valence-corrected chi connectivity index (χ3v) is 7.96. The fourth-order valence-electron chi connectivity index (χ4n) is 5.70. The van der Waals surface area contributed by atoms with E-state index in [4.69, 9.17) is 0 Å². The summed E-state index contributed by atoms with van der Waals surface area (Å²) in [7, 11) is 2.10. The van der Waals surface area contributed by atoms with Gasteiger partial charge in [0.25, 0.3) is 5.91 Å². The minimum atomic E-state index is -1.89. The summed E-state index contributed by atoms with van der Waals surface area (Å²) in [4.78, 5) is 40.3. The van der Waals surface area contributed by atoms with Crippen LogP contribution in [0.5, 0.6) is 0 Å². The van der Waals surface area contributed by atoms with Crippen LogP contribution in [0.1, 0.15) is 27.9 Å². The van der Waals surface area contributed by atoms with E-state index in [0.717, 1.165) is 32.7 Å². The molecule has 10 nitrogen and oxygen atoms in total. The van der Waals surface area contributed by atoms with Crippen LogP contribution >= 0.6 is 0 Å². The molecule has 0 radical (unpaired) electrons. The van der Waals surface area contributed by atoms with Crippen molar-refractivity contribution in [3.63, 3.8) is 0 Å². The van der Waals surface area contributed by atoms with Crippen LogP contribution in [0.3, 0.4) is 0 Å². The second-order valence-electron chi connectivity index (χ2n) is 10.6. The fraction of sp³-hybridized carbons (Fsp3) is 0.300. The van der Waals surface area contributed by atoms with Gasteiger partial charge in [0.15, 0.2) is 5.72 Å². The fourth-order valence-corrected chi connectivity index (χ4v) is 5.70. The van der Waals surface area contributed by atoms with Crippen molar-refractivity contribution in [2.75, 3.05) is 56.1 Å². The number of aromatic amines is 1. The predicted molar refractivity (Wildman–Crippen MR) is 153 cm³/mol. The van der Waals surface area contributed by atoms with Crippen LogP contribution in [0.25, 0.3) is 11.0 Å². The van der Waals surface area contributed by atoms with Crippen LogP contribution in [0, 0.1) is 5.82 Å². The Balaban J connectivity index is 1.31. The van der Waals surface area contributed by atoms with Gasteiger partial charge in [-0.25, -0.2) is 19.1 Å². The van der Waals surface area contributed by atoms with E-state index in [0.29, 0.717) is 39.8 Å². The zero-order chi connectivity index (χ0) is 28.7. The standard InChI is InChI=1S/C30H31FN6O4/c1-34-15-17-35(18-16-34)13-4-14-36(29(39)40)28-32-25-12-7-20(19-26(25)33-28)30(41)24-6-3-2-5-23(24)27(38)37(30)22-10-8-21(31)9-11-22/h2-3,5-12,19,41H,4,13-18H2,1H3,(H,32,33)(H,39,40). The van der Waals surface area contributed by atoms with Crippen molar-refractivity contribution in [2.45, 2.75) is 12.1 Å². The number of halogens is 1. The van der Waals surface area contributed by atoms with Crippen molar-refractivity contribution >= 4 is 34.7 Å². The summed E-state index contributed by atoms with van der Waals surface area (Å²) in [6.07, 6.45) is -0.456. The highest BCUT2D eigenvalue weighted by molar-refractivity contribution is 6.12. The molecule has 3 N–H and O–H groups in total. The summed E-state index contributed by atoms with van der Waals surface area (Å²) in [5, 5.41) is 22.2. The Bertz CT molecular complexity index is 1600.